The lowest BCUT2D eigenvalue weighted by atomic mass is 10.3. The molecular weight excluding hydrogens is 122 g/mol. The van der Waals surface area contributed by atoms with E-state index in [1.807, 2.05) is 13.1 Å². The van der Waals surface area contributed by atoms with E-state index in [1.54, 1.807) is 0 Å². The predicted octanol–water partition coefficient (Wildman–Crippen LogP) is 2.70. The van der Waals surface area contributed by atoms with Gasteiger partial charge in [-0.25, -0.2) is 0 Å². The Hall–Kier alpha value is -0.850. The molecule has 0 aliphatic heterocycles. The van der Waals surface area contributed by atoms with E-state index in [0.717, 1.165) is 12.8 Å². The highest BCUT2D eigenvalue weighted by Gasteiger charge is 1.92. The van der Waals surface area contributed by atoms with Gasteiger partial charge in [-0.05, 0) is 19.8 Å². The molecule has 0 N–H and O–H groups in total. The van der Waals surface area contributed by atoms with Gasteiger partial charge in [0.2, 0.25) is 0 Å². The van der Waals surface area contributed by atoms with E-state index >= 15 is 0 Å². The van der Waals surface area contributed by atoms with Crippen molar-refractivity contribution in [1.29, 1.82) is 0 Å². The summed E-state index contributed by atoms with van der Waals surface area (Å²) < 4.78 is 0. The second-order valence-electron chi connectivity index (χ2n) is 2.34. The van der Waals surface area contributed by atoms with E-state index in [4.69, 9.17) is 0 Å². The summed E-state index contributed by atoms with van der Waals surface area (Å²) in [4.78, 5) is 4.23. The first-order valence-corrected chi connectivity index (χ1v) is 3.76. The average molecular weight is 135 g/mol. The third-order valence-corrected chi connectivity index (χ3v) is 1.50. The topological polar surface area (TPSA) is 12.4 Å². The molecule has 0 atom stereocenters. The molecule has 0 heterocycles. The van der Waals surface area contributed by atoms with Crippen LogP contribution in [0.25, 0.3) is 0 Å². The molecule has 0 aromatic heterocycles. The fourth-order valence-electron chi connectivity index (χ4n) is 1.02. The Morgan fingerprint density at radius 1 is 1.40 bits per heavy atom. The maximum Gasteiger partial charge on any atom is 0.0397 e. The van der Waals surface area contributed by atoms with Crippen LogP contribution in [0.3, 0.4) is 0 Å². The number of allylic oxidation sites excluding steroid dienone is 3. The van der Waals surface area contributed by atoms with Crippen LogP contribution in [-0.4, -0.2) is 6.21 Å². The summed E-state index contributed by atoms with van der Waals surface area (Å²) in [6.45, 7) is 1.95. The Labute approximate surface area is 62.2 Å². The molecule has 0 bridgehead atoms. The molecule has 1 aliphatic carbocycles. The quantitative estimate of drug-likeness (QED) is 0.387. The fourth-order valence-corrected chi connectivity index (χ4v) is 1.02. The van der Waals surface area contributed by atoms with Crippen molar-refractivity contribution in [3.63, 3.8) is 0 Å². The molecule has 0 saturated carbocycles. The van der Waals surface area contributed by atoms with Gasteiger partial charge in [-0.15, -0.1) is 0 Å². The van der Waals surface area contributed by atoms with Gasteiger partial charge in [-0.2, -0.15) is 0 Å². The highest BCUT2D eigenvalue weighted by atomic mass is 14.7. The Morgan fingerprint density at radius 2 is 2.30 bits per heavy atom. The molecular formula is C9H13N. The van der Waals surface area contributed by atoms with Gasteiger partial charge in [0.05, 0.1) is 0 Å². The summed E-state index contributed by atoms with van der Waals surface area (Å²) in [7, 11) is 0. The molecule has 0 spiro atoms. The van der Waals surface area contributed by atoms with Crippen LogP contribution in [0.1, 0.15) is 26.2 Å². The SMILES string of the molecule is CC=NC1=CCCC=CC1. The van der Waals surface area contributed by atoms with Crippen LogP contribution in [0.15, 0.2) is 28.9 Å². The Kier molecular flexibility index (Phi) is 2.94. The van der Waals surface area contributed by atoms with Crippen molar-refractivity contribution in [3.8, 4) is 0 Å². The van der Waals surface area contributed by atoms with Gasteiger partial charge in [0.15, 0.2) is 0 Å². The van der Waals surface area contributed by atoms with Crippen molar-refractivity contribution in [2.24, 2.45) is 4.99 Å². The number of hydrogen-bond donors (Lipinski definition) is 0. The van der Waals surface area contributed by atoms with Crippen LogP contribution in [0.5, 0.6) is 0 Å². The summed E-state index contributed by atoms with van der Waals surface area (Å²) in [5, 5.41) is 0. The lowest BCUT2D eigenvalue weighted by molar-refractivity contribution is 1.04. The number of hydrogen-bond acceptors (Lipinski definition) is 1. The summed E-state index contributed by atoms with van der Waals surface area (Å²) in [6.07, 6.45) is 11.8. The van der Waals surface area contributed by atoms with Crippen LogP contribution >= 0.6 is 0 Å². The largest absolute Gasteiger partial charge is 0.266 e. The Morgan fingerprint density at radius 3 is 3.10 bits per heavy atom. The molecule has 1 heteroatoms. The normalized spacial score (nSPS) is 19.1. The minimum atomic E-state index is 1.00. The second-order valence-corrected chi connectivity index (χ2v) is 2.34. The molecule has 0 saturated heterocycles. The molecule has 1 nitrogen and oxygen atoms in total. The maximum absolute atomic E-state index is 4.23. The minimum Gasteiger partial charge on any atom is -0.266 e. The molecule has 1 rings (SSSR count). The second kappa shape index (κ2) is 4.04. The van der Waals surface area contributed by atoms with E-state index in [2.05, 4.69) is 23.2 Å². The van der Waals surface area contributed by atoms with Crippen LogP contribution in [-0.2, 0) is 0 Å². The maximum atomic E-state index is 4.23. The summed E-state index contributed by atoms with van der Waals surface area (Å²) in [6, 6.07) is 0. The first-order valence-electron chi connectivity index (χ1n) is 3.76. The molecule has 0 unspecified atom stereocenters. The molecule has 0 fully saturated rings. The number of rotatable bonds is 1. The molecule has 0 aromatic carbocycles. The van der Waals surface area contributed by atoms with E-state index in [0.29, 0.717) is 0 Å². The van der Waals surface area contributed by atoms with Crippen molar-refractivity contribution >= 4 is 6.21 Å². The molecule has 54 valence electrons. The van der Waals surface area contributed by atoms with Gasteiger partial charge in [-0.3, -0.25) is 4.99 Å². The van der Waals surface area contributed by atoms with Gasteiger partial charge >= 0.3 is 0 Å². The van der Waals surface area contributed by atoms with E-state index in [9.17, 15) is 0 Å². The molecule has 1 aliphatic rings. The minimum absolute atomic E-state index is 1.00. The lowest BCUT2D eigenvalue weighted by Gasteiger charge is -1.91. The smallest absolute Gasteiger partial charge is 0.0397 e. The van der Waals surface area contributed by atoms with Gasteiger partial charge < -0.3 is 0 Å². The van der Waals surface area contributed by atoms with Crippen molar-refractivity contribution in [2.45, 2.75) is 26.2 Å². The zero-order valence-electron chi connectivity index (χ0n) is 6.38. The lowest BCUT2D eigenvalue weighted by Crippen LogP contribution is -1.74. The standard InChI is InChI=1S/C9H13N/c1-2-10-9-7-5-3-4-6-8-9/h2-3,5,8H,4,6-7H2,1H3. The van der Waals surface area contributed by atoms with Gasteiger partial charge in [0.25, 0.3) is 0 Å². The highest BCUT2D eigenvalue weighted by molar-refractivity contribution is 5.55. The predicted molar refractivity (Wildman–Crippen MR) is 45.2 cm³/mol. The highest BCUT2D eigenvalue weighted by Crippen LogP contribution is 2.11. The number of nitrogens with zero attached hydrogens (tertiary/aromatic N) is 1. The summed E-state index contributed by atoms with van der Waals surface area (Å²) >= 11 is 0. The van der Waals surface area contributed by atoms with E-state index in [-0.39, 0.29) is 0 Å². The summed E-state index contributed by atoms with van der Waals surface area (Å²) in [5.74, 6) is 0. The van der Waals surface area contributed by atoms with Crippen LogP contribution in [0.2, 0.25) is 0 Å². The van der Waals surface area contributed by atoms with Gasteiger partial charge in [0, 0.05) is 18.3 Å². The van der Waals surface area contributed by atoms with Crippen molar-refractivity contribution in [2.75, 3.05) is 0 Å². The van der Waals surface area contributed by atoms with Crippen molar-refractivity contribution in [1.82, 2.24) is 0 Å². The number of aliphatic imine (C=N–C) groups is 1. The van der Waals surface area contributed by atoms with Crippen molar-refractivity contribution < 1.29 is 0 Å². The van der Waals surface area contributed by atoms with Gasteiger partial charge in [0.1, 0.15) is 0 Å². The average Bonchev–Trinajstić information content (AvgIpc) is 2.17. The first-order chi connectivity index (χ1) is 4.93. The molecule has 0 aromatic rings. The molecule has 0 radical (unpaired) electrons. The zero-order chi connectivity index (χ0) is 7.23. The molecule has 10 heavy (non-hydrogen) atoms. The fraction of sp³-hybridized carbons (Fsp3) is 0.444. The van der Waals surface area contributed by atoms with Crippen LogP contribution in [0, 0.1) is 0 Å². The van der Waals surface area contributed by atoms with E-state index < -0.39 is 0 Å². The van der Waals surface area contributed by atoms with Crippen molar-refractivity contribution in [3.05, 3.63) is 23.9 Å². The monoisotopic (exact) mass is 135 g/mol. The van der Waals surface area contributed by atoms with Crippen LogP contribution < -0.4 is 0 Å². The summed E-state index contributed by atoms with van der Waals surface area (Å²) in [5.41, 5.74) is 1.20. The third kappa shape index (κ3) is 2.18. The Bertz CT molecular complexity index is 175. The zero-order valence-corrected chi connectivity index (χ0v) is 6.38. The van der Waals surface area contributed by atoms with E-state index in [1.165, 1.54) is 12.1 Å². The van der Waals surface area contributed by atoms with Crippen LogP contribution in [0.4, 0.5) is 0 Å². The first kappa shape index (κ1) is 7.26. The Balaban J connectivity index is 2.56. The van der Waals surface area contributed by atoms with Gasteiger partial charge in [-0.1, -0.05) is 18.2 Å². The third-order valence-electron chi connectivity index (χ3n) is 1.50. The molecule has 0 amide bonds.